The van der Waals surface area contributed by atoms with E-state index in [0.717, 1.165) is 5.39 Å². The number of oxime groups is 1. The Hall–Kier alpha value is -2.43. The summed E-state index contributed by atoms with van der Waals surface area (Å²) < 4.78 is 0. The zero-order valence-electron chi connectivity index (χ0n) is 9.87. The van der Waals surface area contributed by atoms with Gasteiger partial charge in [0.2, 0.25) is 0 Å². The average molecular weight is 244 g/mol. The van der Waals surface area contributed by atoms with Crippen molar-refractivity contribution in [2.24, 2.45) is 5.16 Å². The zero-order valence-corrected chi connectivity index (χ0v) is 9.87. The van der Waals surface area contributed by atoms with Crippen LogP contribution in [0.15, 0.2) is 41.6 Å². The first-order valence-electron chi connectivity index (χ1n) is 5.44. The van der Waals surface area contributed by atoms with Gasteiger partial charge in [-0.2, -0.15) is 0 Å². The SMILES string of the molecule is CO/N=C/Cc1ccc2ccccc2c1[N+](=O)[O-]. The van der Waals surface area contributed by atoms with Crippen molar-refractivity contribution in [1.29, 1.82) is 0 Å². The molecule has 0 aliphatic carbocycles. The average Bonchev–Trinajstić information content (AvgIpc) is 2.38. The van der Waals surface area contributed by atoms with Crippen LogP contribution in [0.3, 0.4) is 0 Å². The standard InChI is InChI=1S/C13H12N2O3/c1-18-14-9-8-11-7-6-10-4-2-3-5-12(10)13(11)15(16)17/h2-7,9H,8H2,1H3/b14-9+. The van der Waals surface area contributed by atoms with Crippen LogP contribution < -0.4 is 0 Å². The van der Waals surface area contributed by atoms with Crippen LogP contribution in [0.1, 0.15) is 5.56 Å². The summed E-state index contributed by atoms with van der Waals surface area (Å²) in [6.45, 7) is 0. The zero-order chi connectivity index (χ0) is 13.0. The van der Waals surface area contributed by atoms with Crippen molar-refractivity contribution >= 4 is 22.7 Å². The molecule has 18 heavy (non-hydrogen) atoms. The van der Waals surface area contributed by atoms with Gasteiger partial charge in [0, 0.05) is 18.2 Å². The summed E-state index contributed by atoms with van der Waals surface area (Å²) in [5.41, 5.74) is 0.759. The lowest BCUT2D eigenvalue weighted by atomic mass is 10.0. The van der Waals surface area contributed by atoms with E-state index in [2.05, 4.69) is 9.99 Å². The smallest absolute Gasteiger partial charge is 0.280 e. The van der Waals surface area contributed by atoms with Crippen LogP contribution in [0, 0.1) is 10.1 Å². The van der Waals surface area contributed by atoms with Crippen molar-refractivity contribution in [1.82, 2.24) is 0 Å². The first-order chi connectivity index (χ1) is 8.74. The Morgan fingerprint density at radius 1 is 1.33 bits per heavy atom. The molecule has 0 N–H and O–H groups in total. The highest BCUT2D eigenvalue weighted by atomic mass is 16.6. The fourth-order valence-corrected chi connectivity index (χ4v) is 1.89. The first-order valence-corrected chi connectivity index (χ1v) is 5.44. The number of hydrogen-bond donors (Lipinski definition) is 0. The Labute approximate surface area is 104 Å². The van der Waals surface area contributed by atoms with Gasteiger partial charge in [0.1, 0.15) is 7.11 Å². The third-order valence-electron chi connectivity index (χ3n) is 2.66. The normalized spacial score (nSPS) is 10.9. The quantitative estimate of drug-likeness (QED) is 0.472. The number of nitrogens with zero attached hydrogens (tertiary/aromatic N) is 2. The molecule has 5 heteroatoms. The number of hydrogen-bond acceptors (Lipinski definition) is 4. The predicted octanol–water partition coefficient (Wildman–Crippen LogP) is 2.92. The van der Waals surface area contributed by atoms with E-state index in [0.29, 0.717) is 17.4 Å². The molecule has 0 saturated carbocycles. The van der Waals surface area contributed by atoms with Gasteiger partial charge in [-0.05, 0) is 11.5 Å². The molecule has 0 spiro atoms. The highest BCUT2D eigenvalue weighted by molar-refractivity contribution is 5.93. The van der Waals surface area contributed by atoms with Crippen molar-refractivity contribution in [3.05, 3.63) is 52.1 Å². The van der Waals surface area contributed by atoms with Crippen molar-refractivity contribution in [3.8, 4) is 0 Å². The second-order valence-corrected chi connectivity index (χ2v) is 3.73. The van der Waals surface area contributed by atoms with Gasteiger partial charge in [-0.3, -0.25) is 10.1 Å². The fraction of sp³-hybridized carbons (Fsp3) is 0.154. The maximum atomic E-state index is 11.2. The van der Waals surface area contributed by atoms with E-state index in [1.165, 1.54) is 13.3 Å². The molecule has 0 aliphatic rings. The molecule has 0 radical (unpaired) electrons. The largest absolute Gasteiger partial charge is 0.399 e. The highest BCUT2D eigenvalue weighted by Crippen LogP contribution is 2.29. The lowest BCUT2D eigenvalue weighted by Gasteiger charge is -2.04. The van der Waals surface area contributed by atoms with E-state index in [1.54, 1.807) is 18.2 Å². The summed E-state index contributed by atoms with van der Waals surface area (Å²) in [6.07, 6.45) is 1.88. The summed E-state index contributed by atoms with van der Waals surface area (Å²) in [7, 11) is 1.44. The molecule has 0 saturated heterocycles. The second-order valence-electron chi connectivity index (χ2n) is 3.73. The maximum Gasteiger partial charge on any atom is 0.280 e. The van der Waals surface area contributed by atoms with E-state index in [-0.39, 0.29) is 10.6 Å². The molecule has 2 rings (SSSR count). The number of benzene rings is 2. The van der Waals surface area contributed by atoms with Gasteiger partial charge in [0.15, 0.2) is 0 Å². The summed E-state index contributed by atoms with van der Waals surface area (Å²) in [4.78, 5) is 15.4. The summed E-state index contributed by atoms with van der Waals surface area (Å²) in [6, 6.07) is 10.9. The molecule has 0 fully saturated rings. The van der Waals surface area contributed by atoms with E-state index in [9.17, 15) is 10.1 Å². The topological polar surface area (TPSA) is 64.7 Å². The molecule has 0 aliphatic heterocycles. The Morgan fingerprint density at radius 3 is 2.83 bits per heavy atom. The molecule has 0 bridgehead atoms. The molecule has 0 amide bonds. The van der Waals surface area contributed by atoms with Crippen LogP contribution in [0.25, 0.3) is 10.8 Å². The predicted molar refractivity (Wildman–Crippen MR) is 69.8 cm³/mol. The number of nitro benzene ring substituents is 1. The van der Waals surface area contributed by atoms with Crippen LogP contribution in [-0.4, -0.2) is 18.2 Å². The monoisotopic (exact) mass is 244 g/mol. The molecular formula is C13H12N2O3. The van der Waals surface area contributed by atoms with Gasteiger partial charge in [-0.1, -0.05) is 35.5 Å². The summed E-state index contributed by atoms with van der Waals surface area (Å²) in [5, 5.41) is 16.3. The van der Waals surface area contributed by atoms with Gasteiger partial charge in [-0.25, -0.2) is 0 Å². The van der Waals surface area contributed by atoms with Crippen LogP contribution in [0.2, 0.25) is 0 Å². The van der Waals surface area contributed by atoms with E-state index >= 15 is 0 Å². The van der Waals surface area contributed by atoms with Crippen LogP contribution in [0.4, 0.5) is 5.69 Å². The first kappa shape index (κ1) is 12.0. The van der Waals surface area contributed by atoms with Gasteiger partial charge in [-0.15, -0.1) is 0 Å². The Balaban J connectivity index is 2.56. The van der Waals surface area contributed by atoms with Gasteiger partial charge in [0.25, 0.3) is 5.69 Å². The van der Waals surface area contributed by atoms with Gasteiger partial charge >= 0.3 is 0 Å². The number of rotatable bonds is 4. The van der Waals surface area contributed by atoms with Crippen LogP contribution in [0.5, 0.6) is 0 Å². The minimum Gasteiger partial charge on any atom is -0.399 e. The van der Waals surface area contributed by atoms with Crippen molar-refractivity contribution in [2.45, 2.75) is 6.42 Å². The molecule has 2 aromatic carbocycles. The minimum atomic E-state index is -0.349. The minimum absolute atomic E-state index is 0.135. The number of nitro groups is 1. The third kappa shape index (κ3) is 2.29. The molecule has 0 unspecified atom stereocenters. The van der Waals surface area contributed by atoms with Gasteiger partial charge in [0.05, 0.1) is 10.3 Å². The van der Waals surface area contributed by atoms with Crippen molar-refractivity contribution in [3.63, 3.8) is 0 Å². The van der Waals surface area contributed by atoms with Crippen LogP contribution >= 0.6 is 0 Å². The second kappa shape index (κ2) is 5.27. The molecule has 0 heterocycles. The van der Waals surface area contributed by atoms with Crippen LogP contribution in [-0.2, 0) is 11.3 Å². The third-order valence-corrected chi connectivity index (χ3v) is 2.66. The summed E-state index contributed by atoms with van der Waals surface area (Å²) in [5.74, 6) is 0. The Kier molecular flexibility index (Phi) is 3.52. The van der Waals surface area contributed by atoms with E-state index < -0.39 is 0 Å². The molecule has 0 aromatic heterocycles. The molecule has 0 atom stereocenters. The maximum absolute atomic E-state index is 11.2. The van der Waals surface area contributed by atoms with E-state index in [4.69, 9.17) is 0 Å². The molecule has 2 aromatic rings. The van der Waals surface area contributed by atoms with Gasteiger partial charge < -0.3 is 4.84 Å². The van der Waals surface area contributed by atoms with Crippen molar-refractivity contribution in [2.75, 3.05) is 7.11 Å². The lowest BCUT2D eigenvalue weighted by molar-refractivity contribution is -0.383. The van der Waals surface area contributed by atoms with E-state index in [1.807, 2.05) is 18.2 Å². The molecule has 92 valence electrons. The lowest BCUT2D eigenvalue weighted by Crippen LogP contribution is -1.97. The highest BCUT2D eigenvalue weighted by Gasteiger charge is 2.17. The molecular weight excluding hydrogens is 232 g/mol. The Bertz CT molecular complexity index is 608. The Morgan fingerprint density at radius 2 is 2.11 bits per heavy atom. The number of fused-ring (bicyclic) bond motifs is 1. The fourth-order valence-electron chi connectivity index (χ4n) is 1.89. The summed E-state index contributed by atoms with van der Waals surface area (Å²) >= 11 is 0. The molecule has 5 nitrogen and oxygen atoms in total. The van der Waals surface area contributed by atoms with Crippen molar-refractivity contribution < 1.29 is 9.76 Å².